The highest BCUT2D eigenvalue weighted by atomic mass is 14.9. The van der Waals surface area contributed by atoms with Gasteiger partial charge in [0.1, 0.15) is 5.82 Å². The molecule has 0 bridgehead atoms. The van der Waals surface area contributed by atoms with Gasteiger partial charge < -0.3 is 11.5 Å². The third-order valence-corrected chi connectivity index (χ3v) is 5.44. The number of aryl methyl sites for hydroxylation is 1. The van der Waals surface area contributed by atoms with E-state index >= 15 is 0 Å². The van der Waals surface area contributed by atoms with Gasteiger partial charge in [-0.05, 0) is 75.9 Å². The molecule has 4 N–H and O–H groups in total. The van der Waals surface area contributed by atoms with E-state index < -0.39 is 0 Å². The van der Waals surface area contributed by atoms with Crippen molar-refractivity contribution < 1.29 is 0 Å². The number of rotatable bonds is 2. The Morgan fingerprint density at radius 3 is 2.52 bits per heavy atom. The van der Waals surface area contributed by atoms with Crippen molar-refractivity contribution in [3.8, 4) is 11.1 Å². The number of aromatic nitrogens is 3. The summed E-state index contributed by atoms with van der Waals surface area (Å²) in [6, 6.07) is 8.41. The molecule has 2 heterocycles. The van der Waals surface area contributed by atoms with Crippen molar-refractivity contribution in [1.82, 2.24) is 15.0 Å². The van der Waals surface area contributed by atoms with Crippen molar-refractivity contribution >= 4 is 10.9 Å². The lowest BCUT2D eigenvalue weighted by Crippen LogP contribution is -2.39. The largest absolute Gasteiger partial charge is 0.333 e. The van der Waals surface area contributed by atoms with Crippen molar-refractivity contribution in [1.29, 1.82) is 0 Å². The molecule has 1 saturated carbocycles. The first-order valence-electron chi connectivity index (χ1n) is 9.56. The third kappa shape index (κ3) is 4.31. The van der Waals surface area contributed by atoms with Gasteiger partial charge in [0.05, 0.1) is 5.52 Å². The van der Waals surface area contributed by atoms with Gasteiger partial charge in [0.25, 0.3) is 0 Å². The second kappa shape index (κ2) is 8.11. The Labute approximate surface area is 161 Å². The first-order valence-corrected chi connectivity index (χ1v) is 9.56. The summed E-state index contributed by atoms with van der Waals surface area (Å²) >= 11 is 0. The van der Waals surface area contributed by atoms with Crippen LogP contribution in [0.1, 0.15) is 49.9 Å². The van der Waals surface area contributed by atoms with Crippen molar-refractivity contribution in [2.45, 2.75) is 51.0 Å². The molecule has 0 saturated heterocycles. The van der Waals surface area contributed by atoms with Gasteiger partial charge in [0.15, 0.2) is 0 Å². The van der Waals surface area contributed by atoms with Crippen LogP contribution >= 0.6 is 0 Å². The zero-order chi connectivity index (χ0) is 19.4. The molecule has 4 rings (SSSR count). The van der Waals surface area contributed by atoms with Gasteiger partial charge >= 0.3 is 0 Å². The standard InChI is InChI=1S/C21H24N4.CH5N/c1-14-7-10-23-13-18(14)16-3-4-19-17(11-16)12-24-20(25-19)15-5-8-21(2,22)9-6-15;1-2/h3-4,7,10-13,15H,5-6,8-9,22H2,1-2H3;2H2,1H3. The summed E-state index contributed by atoms with van der Waals surface area (Å²) in [6.07, 6.45) is 9.93. The quantitative estimate of drug-likeness (QED) is 0.719. The molecule has 0 amide bonds. The van der Waals surface area contributed by atoms with E-state index in [2.05, 4.69) is 47.7 Å². The maximum Gasteiger partial charge on any atom is 0.132 e. The number of fused-ring (bicyclic) bond motifs is 1. The van der Waals surface area contributed by atoms with Crippen LogP contribution in [-0.2, 0) is 0 Å². The van der Waals surface area contributed by atoms with Gasteiger partial charge in [-0.25, -0.2) is 9.97 Å². The van der Waals surface area contributed by atoms with E-state index in [9.17, 15) is 0 Å². The van der Waals surface area contributed by atoms with E-state index in [1.165, 1.54) is 12.6 Å². The molecular weight excluding hydrogens is 334 g/mol. The molecule has 1 fully saturated rings. The lowest BCUT2D eigenvalue weighted by Gasteiger charge is -2.33. The number of nitrogens with two attached hydrogens (primary N) is 2. The molecule has 1 aliphatic rings. The lowest BCUT2D eigenvalue weighted by molar-refractivity contribution is 0.290. The summed E-state index contributed by atoms with van der Waals surface area (Å²) in [6.45, 7) is 4.25. The average Bonchev–Trinajstić information content (AvgIpc) is 2.69. The fraction of sp³-hybridized carbons (Fsp3) is 0.409. The highest BCUT2D eigenvalue weighted by Crippen LogP contribution is 2.35. The second-order valence-corrected chi connectivity index (χ2v) is 7.62. The SMILES string of the molecule is CN.Cc1ccncc1-c1ccc2nc(C3CCC(C)(N)CC3)ncc2c1. The number of pyridine rings is 1. The van der Waals surface area contributed by atoms with Crippen LogP contribution in [0.4, 0.5) is 0 Å². The second-order valence-electron chi connectivity index (χ2n) is 7.62. The van der Waals surface area contributed by atoms with Crippen molar-refractivity contribution in [2.24, 2.45) is 11.5 Å². The number of benzene rings is 1. The smallest absolute Gasteiger partial charge is 0.132 e. The van der Waals surface area contributed by atoms with Gasteiger partial charge in [0.2, 0.25) is 0 Å². The van der Waals surface area contributed by atoms with Crippen LogP contribution in [0.5, 0.6) is 0 Å². The molecule has 0 unspecified atom stereocenters. The molecular formula is C22H29N5. The van der Waals surface area contributed by atoms with Gasteiger partial charge in [-0.15, -0.1) is 0 Å². The predicted molar refractivity (Wildman–Crippen MR) is 111 cm³/mol. The monoisotopic (exact) mass is 363 g/mol. The topological polar surface area (TPSA) is 90.7 Å². The van der Waals surface area contributed by atoms with Crippen LogP contribution in [0, 0.1) is 6.92 Å². The zero-order valence-electron chi connectivity index (χ0n) is 16.4. The van der Waals surface area contributed by atoms with Crippen LogP contribution in [-0.4, -0.2) is 27.5 Å². The average molecular weight is 364 g/mol. The van der Waals surface area contributed by atoms with Crippen molar-refractivity contribution in [3.05, 3.63) is 54.2 Å². The minimum absolute atomic E-state index is 0.0240. The van der Waals surface area contributed by atoms with E-state index in [1.54, 1.807) is 0 Å². The summed E-state index contributed by atoms with van der Waals surface area (Å²) in [7, 11) is 1.50. The molecule has 0 spiro atoms. The summed E-state index contributed by atoms with van der Waals surface area (Å²) in [5.74, 6) is 1.40. The lowest BCUT2D eigenvalue weighted by atomic mass is 9.78. The van der Waals surface area contributed by atoms with Crippen LogP contribution in [0.2, 0.25) is 0 Å². The van der Waals surface area contributed by atoms with E-state index in [0.717, 1.165) is 53.5 Å². The molecule has 5 heteroatoms. The highest BCUT2D eigenvalue weighted by Gasteiger charge is 2.29. The van der Waals surface area contributed by atoms with Crippen molar-refractivity contribution in [3.63, 3.8) is 0 Å². The summed E-state index contributed by atoms with van der Waals surface area (Å²) in [5, 5.41) is 1.07. The maximum atomic E-state index is 6.25. The van der Waals surface area contributed by atoms with Crippen LogP contribution < -0.4 is 11.5 Å². The predicted octanol–water partition coefficient (Wildman–Crippen LogP) is 3.95. The van der Waals surface area contributed by atoms with E-state index in [0.29, 0.717) is 5.92 Å². The molecule has 5 nitrogen and oxygen atoms in total. The van der Waals surface area contributed by atoms with Crippen LogP contribution in [0.15, 0.2) is 42.9 Å². The fourth-order valence-corrected chi connectivity index (χ4v) is 3.71. The summed E-state index contributed by atoms with van der Waals surface area (Å²) in [5.41, 5.74) is 15.3. The molecule has 0 radical (unpaired) electrons. The number of hydrogen-bond acceptors (Lipinski definition) is 5. The maximum absolute atomic E-state index is 6.25. The Morgan fingerprint density at radius 1 is 1.07 bits per heavy atom. The Kier molecular flexibility index (Phi) is 5.82. The number of hydrogen-bond donors (Lipinski definition) is 2. The number of nitrogens with zero attached hydrogens (tertiary/aromatic N) is 3. The van der Waals surface area contributed by atoms with Crippen LogP contribution in [0.25, 0.3) is 22.0 Å². The highest BCUT2D eigenvalue weighted by molar-refractivity contribution is 5.84. The first-order chi connectivity index (χ1) is 13.0. The van der Waals surface area contributed by atoms with Gasteiger partial charge in [-0.1, -0.05) is 6.07 Å². The van der Waals surface area contributed by atoms with Crippen molar-refractivity contribution in [2.75, 3.05) is 7.05 Å². The van der Waals surface area contributed by atoms with E-state index in [4.69, 9.17) is 10.7 Å². The zero-order valence-corrected chi connectivity index (χ0v) is 16.4. The molecule has 142 valence electrons. The summed E-state index contributed by atoms with van der Waals surface area (Å²) in [4.78, 5) is 13.8. The van der Waals surface area contributed by atoms with Gasteiger partial charge in [-0.2, -0.15) is 0 Å². The Hall–Kier alpha value is -2.37. The third-order valence-electron chi connectivity index (χ3n) is 5.44. The summed E-state index contributed by atoms with van der Waals surface area (Å²) < 4.78 is 0. The molecule has 0 aliphatic heterocycles. The van der Waals surface area contributed by atoms with Gasteiger partial charge in [-0.3, -0.25) is 4.98 Å². The Bertz CT molecular complexity index is 909. The Balaban J connectivity index is 0.00000102. The van der Waals surface area contributed by atoms with E-state index in [-0.39, 0.29) is 5.54 Å². The van der Waals surface area contributed by atoms with Gasteiger partial charge in [0, 0.05) is 41.0 Å². The fourth-order valence-electron chi connectivity index (χ4n) is 3.71. The Morgan fingerprint density at radius 2 is 1.81 bits per heavy atom. The minimum atomic E-state index is -0.0240. The molecule has 2 aromatic heterocycles. The minimum Gasteiger partial charge on any atom is -0.333 e. The molecule has 27 heavy (non-hydrogen) atoms. The van der Waals surface area contributed by atoms with E-state index in [1.807, 2.05) is 24.7 Å². The molecule has 0 atom stereocenters. The van der Waals surface area contributed by atoms with Crippen LogP contribution in [0.3, 0.4) is 0 Å². The molecule has 1 aliphatic carbocycles. The molecule has 3 aromatic rings. The molecule has 1 aromatic carbocycles. The first kappa shape index (κ1) is 19.4. The normalized spacial score (nSPS) is 22.2.